The van der Waals surface area contributed by atoms with E-state index >= 15 is 0 Å². The summed E-state index contributed by atoms with van der Waals surface area (Å²) >= 11 is 0. The summed E-state index contributed by atoms with van der Waals surface area (Å²) in [5.41, 5.74) is 4.86. The third-order valence-electron chi connectivity index (χ3n) is 3.79. The molecule has 5 nitrogen and oxygen atoms in total. The van der Waals surface area contributed by atoms with Gasteiger partial charge in [-0.3, -0.25) is 0 Å². The van der Waals surface area contributed by atoms with E-state index in [2.05, 4.69) is 5.73 Å². The monoisotopic (exact) mass is 336 g/mol. The summed E-state index contributed by atoms with van der Waals surface area (Å²) in [6.07, 6.45) is 0.878. The molecule has 1 unspecified atom stereocenters. The van der Waals surface area contributed by atoms with Gasteiger partial charge in [0.05, 0.1) is 26.2 Å². The van der Waals surface area contributed by atoms with Crippen molar-refractivity contribution < 1.29 is 49.7 Å². The van der Waals surface area contributed by atoms with E-state index in [0.29, 0.717) is 0 Å². The van der Waals surface area contributed by atoms with Gasteiger partial charge in [-0.2, -0.15) is 0 Å². The van der Waals surface area contributed by atoms with Gasteiger partial charge in [0.15, 0.2) is 11.5 Å². The van der Waals surface area contributed by atoms with E-state index in [1.807, 2.05) is 25.1 Å². The summed E-state index contributed by atoms with van der Waals surface area (Å²) in [4.78, 5) is 1.56. The molecule has 0 bridgehead atoms. The Bertz CT molecular complexity index is 470. The second-order valence-electron chi connectivity index (χ2n) is 5.48. The molecule has 3 rings (SSSR count). The number of benzene rings is 1. The molecule has 2 aliphatic rings. The van der Waals surface area contributed by atoms with Crippen LogP contribution in [0.25, 0.3) is 0 Å². The van der Waals surface area contributed by atoms with E-state index in [4.69, 9.17) is 14.2 Å². The van der Waals surface area contributed by atoms with Crippen LogP contribution in [-0.4, -0.2) is 38.6 Å². The molecule has 1 aromatic carbocycles. The zero-order valence-electron chi connectivity index (χ0n) is 12.2. The van der Waals surface area contributed by atoms with Crippen LogP contribution in [0.2, 0.25) is 0 Å². The zero-order valence-corrected chi connectivity index (χ0v) is 13.7. The average Bonchev–Trinajstić information content (AvgIpc) is 2.74. The second kappa shape index (κ2) is 7.51. The molecule has 1 saturated heterocycles. The highest BCUT2D eigenvalue weighted by Crippen LogP contribution is 2.41. The van der Waals surface area contributed by atoms with Gasteiger partial charge in [-0.25, -0.2) is 0 Å². The Kier molecular flexibility index (Phi) is 6.56. The predicted molar refractivity (Wildman–Crippen MR) is 69.7 cm³/mol. The van der Waals surface area contributed by atoms with Crippen molar-refractivity contribution >= 4 is 5.69 Å². The Hall–Kier alpha value is -0.720. The van der Waals surface area contributed by atoms with Crippen LogP contribution >= 0.6 is 0 Å². The molecule has 2 aliphatic heterocycles. The van der Waals surface area contributed by atoms with Crippen molar-refractivity contribution in [3.8, 4) is 11.5 Å². The van der Waals surface area contributed by atoms with E-state index in [0.717, 1.165) is 56.5 Å². The van der Waals surface area contributed by atoms with Crippen molar-refractivity contribution in [1.82, 2.24) is 0 Å². The molecule has 0 aromatic heterocycles. The standard InChI is InChI=1S/C14H20N2O3.2ClH/c1-14(4-5-16-6-8-17-9-7-16)18-12-3-2-11(15)10-13(12)19-14;;/h2-3,10H,4-9,15H2,1H3;2*1H. The number of hydrogen-bond acceptors (Lipinski definition) is 3. The van der Waals surface area contributed by atoms with Crippen LogP contribution in [-0.2, 0) is 4.74 Å². The fraction of sp³-hybridized carbons (Fsp3) is 0.571. The van der Waals surface area contributed by atoms with Crippen molar-refractivity contribution in [1.29, 1.82) is 0 Å². The SMILES string of the molecule is CC1(CC[NH+]2CCOCC2)Oc2ccc([NH3+])cc2O1.[Cl-].[Cl-]. The molecular formula is C14H22Cl2N2O3. The first-order valence-electron chi connectivity index (χ1n) is 6.90. The van der Waals surface area contributed by atoms with E-state index < -0.39 is 5.79 Å². The normalized spacial score (nSPS) is 24.1. The maximum Gasteiger partial charge on any atom is 0.254 e. The van der Waals surface area contributed by atoms with E-state index in [1.54, 1.807) is 4.90 Å². The maximum absolute atomic E-state index is 5.96. The number of quaternary nitrogens is 2. The molecule has 0 aliphatic carbocycles. The number of ether oxygens (including phenoxy) is 3. The minimum absolute atomic E-state index is 0. The summed E-state index contributed by atoms with van der Waals surface area (Å²) in [7, 11) is 0. The molecule has 1 atom stereocenters. The summed E-state index contributed by atoms with van der Waals surface area (Å²) < 4.78 is 17.3. The van der Waals surface area contributed by atoms with E-state index in [-0.39, 0.29) is 24.8 Å². The Morgan fingerprint density at radius 2 is 1.81 bits per heavy atom. The largest absolute Gasteiger partial charge is 1.00 e. The van der Waals surface area contributed by atoms with Gasteiger partial charge in [-0.05, 0) is 6.07 Å². The first kappa shape index (κ1) is 18.3. The van der Waals surface area contributed by atoms with Gasteiger partial charge in [-0.15, -0.1) is 0 Å². The Morgan fingerprint density at radius 3 is 2.52 bits per heavy atom. The van der Waals surface area contributed by atoms with Crippen LogP contribution < -0.4 is 44.9 Å². The van der Waals surface area contributed by atoms with E-state index in [1.165, 1.54) is 0 Å². The Labute approximate surface area is 137 Å². The molecule has 4 N–H and O–H groups in total. The van der Waals surface area contributed by atoms with Crippen molar-refractivity contribution in [2.45, 2.75) is 19.1 Å². The molecule has 0 saturated carbocycles. The molecule has 0 spiro atoms. The van der Waals surface area contributed by atoms with Gasteiger partial charge < -0.3 is 49.7 Å². The molecular weight excluding hydrogens is 315 g/mol. The van der Waals surface area contributed by atoms with Crippen molar-refractivity contribution in [3.05, 3.63) is 18.2 Å². The first-order valence-corrected chi connectivity index (χ1v) is 6.90. The lowest BCUT2D eigenvalue weighted by Crippen LogP contribution is -3.14. The predicted octanol–water partition coefficient (Wildman–Crippen LogP) is -6.64. The molecule has 21 heavy (non-hydrogen) atoms. The van der Waals surface area contributed by atoms with Gasteiger partial charge in [0.2, 0.25) is 0 Å². The van der Waals surface area contributed by atoms with Gasteiger partial charge in [0, 0.05) is 19.1 Å². The maximum atomic E-state index is 5.96. The molecule has 1 aromatic rings. The molecule has 120 valence electrons. The molecule has 7 heteroatoms. The van der Waals surface area contributed by atoms with E-state index in [9.17, 15) is 0 Å². The lowest BCUT2D eigenvalue weighted by molar-refractivity contribution is -0.909. The van der Waals surface area contributed by atoms with Crippen molar-refractivity contribution in [3.63, 3.8) is 0 Å². The summed E-state index contributed by atoms with van der Waals surface area (Å²) in [5.74, 6) is 1.10. The lowest BCUT2D eigenvalue weighted by atomic mass is 10.2. The number of hydrogen-bond donors (Lipinski definition) is 2. The molecule has 1 fully saturated rings. The first-order chi connectivity index (χ1) is 9.15. The number of halogens is 2. The lowest BCUT2D eigenvalue weighted by Gasteiger charge is -2.28. The molecule has 2 heterocycles. The van der Waals surface area contributed by atoms with Crippen LogP contribution in [0.15, 0.2) is 18.2 Å². The minimum atomic E-state index is -0.540. The van der Waals surface area contributed by atoms with Crippen LogP contribution in [0, 0.1) is 0 Å². The van der Waals surface area contributed by atoms with Gasteiger partial charge >= 0.3 is 0 Å². The number of fused-ring (bicyclic) bond motifs is 1. The van der Waals surface area contributed by atoms with Crippen molar-refractivity contribution in [2.24, 2.45) is 0 Å². The highest BCUT2D eigenvalue weighted by molar-refractivity contribution is 5.49. The third kappa shape index (κ3) is 4.37. The van der Waals surface area contributed by atoms with Gasteiger partial charge in [-0.1, -0.05) is 0 Å². The van der Waals surface area contributed by atoms with Crippen LogP contribution in [0.1, 0.15) is 13.3 Å². The fourth-order valence-electron chi connectivity index (χ4n) is 2.62. The minimum Gasteiger partial charge on any atom is -1.00 e. The number of nitrogens with one attached hydrogen (secondary N) is 1. The average molecular weight is 337 g/mol. The molecule has 0 radical (unpaired) electrons. The highest BCUT2D eigenvalue weighted by atomic mass is 35.5. The Balaban J connectivity index is 0.00000110. The van der Waals surface area contributed by atoms with Gasteiger partial charge in [0.25, 0.3) is 5.79 Å². The number of morpholine rings is 1. The highest BCUT2D eigenvalue weighted by Gasteiger charge is 2.38. The fourth-order valence-corrected chi connectivity index (χ4v) is 2.62. The number of rotatable bonds is 3. The summed E-state index contributed by atoms with van der Waals surface area (Å²) in [6, 6.07) is 5.81. The zero-order chi connectivity index (χ0) is 13.3. The summed E-state index contributed by atoms with van der Waals surface area (Å²) in [6.45, 7) is 6.93. The van der Waals surface area contributed by atoms with Crippen LogP contribution in [0.3, 0.4) is 0 Å². The molecule has 0 amide bonds. The van der Waals surface area contributed by atoms with Gasteiger partial charge in [0.1, 0.15) is 18.8 Å². The topological polar surface area (TPSA) is 59.8 Å². The van der Waals surface area contributed by atoms with Crippen LogP contribution in [0.5, 0.6) is 11.5 Å². The Morgan fingerprint density at radius 1 is 1.14 bits per heavy atom. The second-order valence-corrected chi connectivity index (χ2v) is 5.48. The smallest absolute Gasteiger partial charge is 0.254 e. The summed E-state index contributed by atoms with van der Waals surface area (Å²) in [5, 5.41) is 0. The van der Waals surface area contributed by atoms with Crippen LogP contribution in [0.4, 0.5) is 5.69 Å². The van der Waals surface area contributed by atoms with Crippen molar-refractivity contribution in [2.75, 3.05) is 32.8 Å². The third-order valence-corrected chi connectivity index (χ3v) is 3.79. The quantitative estimate of drug-likeness (QED) is 0.577.